The van der Waals surface area contributed by atoms with E-state index in [0.29, 0.717) is 0 Å². The highest BCUT2D eigenvalue weighted by molar-refractivity contribution is 6.50. The lowest BCUT2D eigenvalue weighted by Crippen LogP contribution is -2.38. The molecule has 2 aromatic carbocycles. The van der Waals surface area contributed by atoms with E-state index < -0.39 is 7.25 Å². The first-order chi connectivity index (χ1) is 13.0. The van der Waals surface area contributed by atoms with E-state index in [4.69, 9.17) is 0 Å². The predicted molar refractivity (Wildman–Crippen MR) is 107 cm³/mol. The van der Waals surface area contributed by atoms with Gasteiger partial charge in [-0.1, -0.05) is 41.5 Å². The lowest BCUT2D eigenvalue weighted by atomic mass is 10.0. The van der Waals surface area contributed by atoms with Gasteiger partial charge in [-0.05, 0) is 38.0 Å². The van der Waals surface area contributed by atoms with Gasteiger partial charge >= 0.3 is 7.25 Å². The second-order valence-electron chi connectivity index (χ2n) is 7.01. The van der Waals surface area contributed by atoms with E-state index >= 15 is 0 Å². The molecule has 1 nitrogen and oxygen atoms in total. The van der Waals surface area contributed by atoms with Crippen LogP contribution in [0, 0.1) is 34.6 Å². The van der Waals surface area contributed by atoms with E-state index in [0.717, 1.165) is 0 Å². The van der Waals surface area contributed by atoms with E-state index in [1.54, 1.807) is 0 Å². The minimum Gasteiger partial charge on any atom is -0.418 e. The average molecular weight is 389 g/mol. The molecule has 0 spiro atoms. The van der Waals surface area contributed by atoms with Crippen LogP contribution in [0.4, 0.5) is 17.3 Å². The van der Waals surface area contributed by atoms with Crippen molar-refractivity contribution in [2.75, 3.05) is 0 Å². The van der Waals surface area contributed by atoms with E-state index in [9.17, 15) is 17.3 Å². The maximum Gasteiger partial charge on any atom is 0.673 e. The van der Waals surface area contributed by atoms with Gasteiger partial charge in [0, 0.05) is 37.6 Å². The van der Waals surface area contributed by atoms with E-state index in [-0.39, 0.29) is 0 Å². The van der Waals surface area contributed by atoms with E-state index in [1.807, 2.05) is 0 Å². The minimum atomic E-state index is -6.00. The molecule has 3 rings (SSSR count). The summed E-state index contributed by atoms with van der Waals surface area (Å²) in [5.74, 6) is 0. The minimum absolute atomic E-state index is 1.26. The highest BCUT2D eigenvalue weighted by Crippen LogP contribution is 2.22. The van der Waals surface area contributed by atoms with Crippen LogP contribution >= 0.6 is 0 Å². The van der Waals surface area contributed by atoms with Gasteiger partial charge in [0.15, 0.2) is 11.4 Å². The van der Waals surface area contributed by atoms with Gasteiger partial charge in [0.1, 0.15) is 0 Å². The van der Waals surface area contributed by atoms with Crippen LogP contribution in [0.1, 0.15) is 28.1 Å². The van der Waals surface area contributed by atoms with Crippen molar-refractivity contribution >= 4 is 7.25 Å². The molecule has 0 bridgehead atoms. The Labute approximate surface area is 163 Å². The summed E-state index contributed by atoms with van der Waals surface area (Å²) in [6, 6.07) is 19.9. The van der Waals surface area contributed by atoms with Crippen molar-refractivity contribution in [3.63, 3.8) is 0 Å². The Morgan fingerprint density at radius 2 is 1.07 bits per heavy atom. The maximum atomic E-state index is 9.75. The first-order valence-corrected chi connectivity index (χ1v) is 9.01. The summed E-state index contributed by atoms with van der Waals surface area (Å²) in [4.78, 5) is 0. The van der Waals surface area contributed by atoms with Crippen LogP contribution in [0.3, 0.4) is 0 Å². The van der Waals surface area contributed by atoms with Crippen LogP contribution in [0.2, 0.25) is 0 Å². The molecule has 0 aliphatic rings. The van der Waals surface area contributed by atoms with Gasteiger partial charge in [0.25, 0.3) is 0 Å². The fourth-order valence-electron chi connectivity index (χ4n) is 3.25. The summed E-state index contributed by atoms with van der Waals surface area (Å²) < 4.78 is 41.3. The number of nitrogens with zero attached hydrogens (tertiary/aromatic N) is 1. The summed E-state index contributed by atoms with van der Waals surface area (Å²) in [5, 5.41) is 0. The molecule has 0 amide bonds. The predicted octanol–water partition coefficient (Wildman–Crippen LogP) is 6.47. The Bertz CT molecular complexity index is 934. The monoisotopic (exact) mass is 389 g/mol. The zero-order chi connectivity index (χ0) is 21.1. The molecule has 0 saturated heterocycles. The smallest absolute Gasteiger partial charge is 0.418 e. The first kappa shape index (κ1) is 21.7. The maximum absolute atomic E-state index is 9.75. The standard InChI is InChI=1S/C22H24N.BF4/c1-15-6-9-20(10-7-15)21-13-18(4)23(19(5)14-21)22-11-8-16(2)12-17(22)3;2-1(3,4)5/h6-14H,1-5H3;/q+1;-1. The molecule has 3 aromatic rings. The third-order valence-electron chi connectivity index (χ3n) is 4.41. The quantitative estimate of drug-likeness (QED) is 0.269. The van der Waals surface area contributed by atoms with Gasteiger partial charge in [-0.3, -0.25) is 0 Å². The van der Waals surface area contributed by atoms with Crippen molar-refractivity contribution in [3.05, 3.63) is 82.7 Å². The molecule has 1 aromatic heterocycles. The van der Waals surface area contributed by atoms with Crippen LogP contribution in [-0.2, 0) is 0 Å². The van der Waals surface area contributed by atoms with Crippen LogP contribution in [0.15, 0.2) is 54.6 Å². The highest BCUT2D eigenvalue weighted by Gasteiger charge is 2.20. The Morgan fingerprint density at radius 1 is 0.607 bits per heavy atom. The first-order valence-electron chi connectivity index (χ1n) is 9.01. The van der Waals surface area contributed by atoms with Crippen LogP contribution in [0.5, 0.6) is 0 Å². The Balaban J connectivity index is 0.000000500. The van der Waals surface area contributed by atoms with Crippen LogP contribution in [0.25, 0.3) is 16.8 Å². The molecule has 0 aliphatic carbocycles. The third kappa shape index (κ3) is 5.94. The number of benzene rings is 2. The van der Waals surface area contributed by atoms with Gasteiger partial charge in [0.2, 0.25) is 5.69 Å². The highest BCUT2D eigenvalue weighted by atomic mass is 19.5. The van der Waals surface area contributed by atoms with Gasteiger partial charge < -0.3 is 17.3 Å². The average Bonchev–Trinajstić information content (AvgIpc) is 2.55. The zero-order valence-electron chi connectivity index (χ0n) is 16.7. The molecule has 0 atom stereocenters. The largest absolute Gasteiger partial charge is 0.673 e. The summed E-state index contributed by atoms with van der Waals surface area (Å²) >= 11 is 0. The van der Waals surface area contributed by atoms with Gasteiger partial charge in [-0.15, -0.1) is 0 Å². The second kappa shape index (κ2) is 8.59. The summed E-state index contributed by atoms with van der Waals surface area (Å²) in [7, 11) is -6.00. The molecule has 1 heterocycles. The van der Waals surface area contributed by atoms with Gasteiger partial charge in [-0.25, -0.2) is 0 Å². The van der Waals surface area contributed by atoms with Crippen molar-refractivity contribution in [3.8, 4) is 16.8 Å². The number of rotatable bonds is 2. The molecular weight excluding hydrogens is 365 g/mol. The fraction of sp³-hybridized carbons (Fsp3) is 0.227. The molecule has 0 unspecified atom stereocenters. The summed E-state index contributed by atoms with van der Waals surface area (Å²) in [6.07, 6.45) is 0. The molecule has 6 heteroatoms. The molecule has 0 fully saturated rings. The van der Waals surface area contributed by atoms with E-state index in [2.05, 4.69) is 93.8 Å². The summed E-state index contributed by atoms with van der Waals surface area (Å²) in [6.45, 7) is 10.8. The third-order valence-corrected chi connectivity index (χ3v) is 4.41. The number of aryl methyl sites for hydroxylation is 5. The Kier molecular flexibility index (Phi) is 6.65. The second-order valence-corrected chi connectivity index (χ2v) is 7.01. The van der Waals surface area contributed by atoms with Crippen molar-refractivity contribution in [2.45, 2.75) is 34.6 Å². The van der Waals surface area contributed by atoms with Gasteiger partial charge in [0.05, 0.1) is 0 Å². The molecular formula is C22H24BF4N. The SMILES string of the molecule is Cc1ccc(-c2cc(C)[n+](-c3ccc(C)cc3C)c(C)c2)cc1.F[B-](F)(F)F. The van der Waals surface area contributed by atoms with Gasteiger partial charge in [-0.2, -0.15) is 4.57 Å². The number of hydrogen-bond donors (Lipinski definition) is 0. The van der Waals surface area contributed by atoms with Crippen LogP contribution in [-0.4, -0.2) is 7.25 Å². The molecule has 0 aliphatic heterocycles. The lowest BCUT2D eigenvalue weighted by molar-refractivity contribution is -0.609. The Morgan fingerprint density at radius 3 is 1.54 bits per heavy atom. The topological polar surface area (TPSA) is 3.88 Å². The van der Waals surface area contributed by atoms with E-state index in [1.165, 1.54) is 44.9 Å². The number of aromatic nitrogens is 1. The molecule has 0 radical (unpaired) electrons. The van der Waals surface area contributed by atoms with Crippen LogP contribution < -0.4 is 4.57 Å². The Hall–Kier alpha value is -2.63. The fourth-order valence-corrected chi connectivity index (χ4v) is 3.25. The molecule has 148 valence electrons. The van der Waals surface area contributed by atoms with Crippen molar-refractivity contribution in [1.82, 2.24) is 0 Å². The molecule has 0 saturated carbocycles. The zero-order valence-corrected chi connectivity index (χ0v) is 16.7. The summed E-state index contributed by atoms with van der Waals surface area (Å²) in [5.41, 5.74) is 10.2. The molecule has 0 N–H and O–H groups in total. The van der Waals surface area contributed by atoms with Crippen molar-refractivity contribution < 1.29 is 21.8 Å². The lowest BCUT2D eigenvalue weighted by Gasteiger charge is -2.10. The number of hydrogen-bond acceptors (Lipinski definition) is 0. The number of halogens is 4. The number of pyridine rings is 1. The molecule has 28 heavy (non-hydrogen) atoms. The van der Waals surface area contributed by atoms with Crippen molar-refractivity contribution in [1.29, 1.82) is 0 Å². The normalized spacial score (nSPS) is 11.0. The van der Waals surface area contributed by atoms with Crippen molar-refractivity contribution in [2.24, 2.45) is 0 Å².